The second kappa shape index (κ2) is 9.63. The van der Waals surface area contributed by atoms with Crippen molar-refractivity contribution in [3.8, 4) is 0 Å². The summed E-state index contributed by atoms with van der Waals surface area (Å²) in [6.45, 7) is 6.43. The van der Waals surface area contributed by atoms with Crippen molar-refractivity contribution in [1.29, 1.82) is 0 Å². The number of amides is 1. The first-order valence-corrected chi connectivity index (χ1v) is 12.3. The number of likely N-dealkylation sites (tertiary alicyclic amines) is 1. The highest BCUT2D eigenvalue weighted by atomic mass is 32.2. The average Bonchev–Trinajstić information content (AvgIpc) is 2.90. The summed E-state index contributed by atoms with van der Waals surface area (Å²) in [5.41, 5.74) is 1.23. The number of carbonyl (C=O) groups is 2. The molecule has 1 amide bonds. The van der Waals surface area contributed by atoms with Crippen molar-refractivity contribution in [3.05, 3.63) is 35.9 Å². The van der Waals surface area contributed by atoms with Gasteiger partial charge in [-0.3, -0.25) is 9.79 Å². The molecule has 3 atom stereocenters. The molecule has 0 radical (unpaired) electrons. The number of nitrogens with zero attached hydrogens (tertiary/aromatic N) is 3. The Labute approximate surface area is 189 Å². The summed E-state index contributed by atoms with van der Waals surface area (Å²) in [4.78, 5) is 34.3. The highest BCUT2D eigenvalue weighted by molar-refractivity contribution is 8.01. The Morgan fingerprint density at radius 2 is 1.90 bits per heavy atom. The minimum absolute atomic E-state index is 0.0552. The van der Waals surface area contributed by atoms with Crippen LogP contribution in [0.3, 0.4) is 0 Å². The number of hydrogen-bond acceptors (Lipinski definition) is 5. The van der Waals surface area contributed by atoms with Crippen LogP contribution in [0.5, 0.6) is 0 Å². The number of esters is 1. The third-order valence-electron chi connectivity index (χ3n) is 6.36. The molecule has 3 heterocycles. The van der Waals surface area contributed by atoms with Gasteiger partial charge in [-0.2, -0.15) is 0 Å². The lowest BCUT2D eigenvalue weighted by Gasteiger charge is -2.42. The Morgan fingerprint density at radius 1 is 1.19 bits per heavy atom. The van der Waals surface area contributed by atoms with Crippen molar-refractivity contribution in [1.82, 2.24) is 9.80 Å². The molecule has 31 heavy (non-hydrogen) atoms. The number of benzene rings is 1. The molecule has 1 aromatic carbocycles. The summed E-state index contributed by atoms with van der Waals surface area (Å²) < 4.78 is 5.21. The average molecular weight is 444 g/mol. The van der Waals surface area contributed by atoms with Crippen molar-refractivity contribution in [3.63, 3.8) is 0 Å². The molecule has 0 aromatic heterocycles. The molecular weight excluding hydrogens is 410 g/mol. The Balaban J connectivity index is 1.31. The quantitative estimate of drug-likeness (QED) is 0.212. The van der Waals surface area contributed by atoms with E-state index in [0.29, 0.717) is 6.61 Å². The molecule has 0 aliphatic carbocycles. The van der Waals surface area contributed by atoms with Crippen LogP contribution in [0.25, 0.3) is 0 Å². The highest BCUT2D eigenvalue weighted by Crippen LogP contribution is 2.51. The first kappa shape index (κ1) is 22.2. The van der Waals surface area contributed by atoms with E-state index < -0.39 is 6.04 Å². The molecule has 3 aliphatic rings. The van der Waals surface area contributed by atoms with Crippen LogP contribution in [-0.4, -0.2) is 69.9 Å². The molecule has 1 aromatic rings. The molecule has 3 aliphatic heterocycles. The number of hydrogen-bond donors (Lipinski definition) is 0. The second-order valence-electron chi connectivity index (χ2n) is 9.18. The molecule has 6 nitrogen and oxygen atoms in total. The summed E-state index contributed by atoms with van der Waals surface area (Å²) in [6.07, 6.45) is 8.41. The standard InChI is InChI=1S/C24H33N3O3S/c1-24(2)20(23(29)30-16-10-13-18-11-6-5-7-12-18)27-21(28)19(22(27)31-24)25-17-26-14-8-3-4-9-15-26/h5-7,11-12,17,19-20,22H,3-4,8-10,13-16H2,1-2H3/t19?,20-,22+/m0/s1. The molecule has 0 spiro atoms. The number of thioether (sulfide) groups is 1. The van der Waals surface area contributed by atoms with Gasteiger partial charge < -0.3 is 14.5 Å². The summed E-state index contributed by atoms with van der Waals surface area (Å²) in [7, 11) is 0. The normalized spacial score (nSPS) is 27.7. The molecular formula is C24H33N3O3S. The van der Waals surface area contributed by atoms with Gasteiger partial charge >= 0.3 is 5.97 Å². The van der Waals surface area contributed by atoms with Crippen LogP contribution in [0.4, 0.5) is 0 Å². The molecule has 3 fully saturated rings. The molecule has 0 bridgehead atoms. The van der Waals surface area contributed by atoms with E-state index >= 15 is 0 Å². The summed E-state index contributed by atoms with van der Waals surface area (Å²) >= 11 is 1.66. The van der Waals surface area contributed by atoms with Crippen LogP contribution >= 0.6 is 11.8 Å². The SMILES string of the molecule is CC1(C)S[C@@H]2C(N=CN3CCCCCC3)C(=O)N2[C@H]1C(=O)OCCCc1ccccc1. The molecule has 168 valence electrons. The van der Waals surface area contributed by atoms with Gasteiger partial charge in [-0.25, -0.2) is 4.79 Å². The maximum Gasteiger partial charge on any atom is 0.330 e. The van der Waals surface area contributed by atoms with E-state index in [2.05, 4.69) is 22.0 Å². The highest BCUT2D eigenvalue weighted by Gasteiger charge is 2.64. The van der Waals surface area contributed by atoms with E-state index in [1.165, 1.54) is 31.2 Å². The van der Waals surface area contributed by atoms with Gasteiger partial charge in [0.2, 0.25) is 0 Å². The predicted octanol–water partition coefficient (Wildman–Crippen LogP) is 3.50. The van der Waals surface area contributed by atoms with Crippen molar-refractivity contribution in [2.45, 2.75) is 74.6 Å². The lowest BCUT2D eigenvalue weighted by atomic mass is 9.96. The van der Waals surface area contributed by atoms with Gasteiger partial charge in [0.05, 0.1) is 12.9 Å². The van der Waals surface area contributed by atoms with E-state index in [1.807, 2.05) is 38.4 Å². The van der Waals surface area contributed by atoms with Gasteiger partial charge in [-0.05, 0) is 45.1 Å². The van der Waals surface area contributed by atoms with Crippen LogP contribution in [0, 0.1) is 0 Å². The maximum absolute atomic E-state index is 12.9. The molecule has 4 rings (SSSR count). The topological polar surface area (TPSA) is 62.2 Å². The number of rotatable bonds is 7. The fourth-order valence-electron chi connectivity index (χ4n) is 4.66. The Morgan fingerprint density at radius 3 is 2.61 bits per heavy atom. The fourth-order valence-corrected chi connectivity index (χ4v) is 6.28. The zero-order valence-corrected chi connectivity index (χ0v) is 19.4. The number of ether oxygens (including phenoxy) is 1. The van der Waals surface area contributed by atoms with Crippen molar-refractivity contribution in [2.75, 3.05) is 19.7 Å². The monoisotopic (exact) mass is 443 g/mol. The zero-order chi connectivity index (χ0) is 21.8. The van der Waals surface area contributed by atoms with E-state index in [4.69, 9.17) is 4.74 Å². The van der Waals surface area contributed by atoms with Gasteiger partial charge in [0, 0.05) is 17.8 Å². The number of fused-ring (bicyclic) bond motifs is 1. The van der Waals surface area contributed by atoms with Crippen molar-refractivity contribution < 1.29 is 14.3 Å². The zero-order valence-electron chi connectivity index (χ0n) is 18.5. The van der Waals surface area contributed by atoms with Gasteiger partial charge in [0.15, 0.2) is 6.04 Å². The van der Waals surface area contributed by atoms with E-state index in [9.17, 15) is 9.59 Å². The Hall–Kier alpha value is -2.02. The molecule has 0 saturated carbocycles. The molecule has 0 N–H and O–H groups in total. The lowest BCUT2D eigenvalue weighted by Crippen LogP contribution is -2.65. The smallest absolute Gasteiger partial charge is 0.330 e. The third kappa shape index (κ3) is 4.92. The van der Waals surface area contributed by atoms with E-state index in [-0.39, 0.29) is 28.0 Å². The number of aryl methyl sites for hydroxylation is 1. The van der Waals surface area contributed by atoms with Gasteiger partial charge in [-0.15, -0.1) is 11.8 Å². The maximum atomic E-state index is 12.9. The van der Waals surface area contributed by atoms with Crippen LogP contribution in [-0.2, 0) is 20.7 Å². The minimum Gasteiger partial charge on any atom is -0.464 e. The molecule has 1 unspecified atom stereocenters. The number of aliphatic imine (C=N–C) groups is 1. The Kier molecular flexibility index (Phi) is 6.89. The number of β-lactam (4-membered cyclic amide) rings is 1. The van der Waals surface area contributed by atoms with Gasteiger partial charge in [-0.1, -0.05) is 43.2 Å². The third-order valence-corrected chi connectivity index (χ3v) is 7.92. The summed E-state index contributed by atoms with van der Waals surface area (Å²) in [6, 6.07) is 9.25. The van der Waals surface area contributed by atoms with Crippen LogP contribution in [0.2, 0.25) is 0 Å². The van der Waals surface area contributed by atoms with E-state index in [0.717, 1.165) is 25.9 Å². The largest absolute Gasteiger partial charge is 0.464 e. The first-order valence-electron chi connectivity index (χ1n) is 11.5. The van der Waals surface area contributed by atoms with Gasteiger partial charge in [0.25, 0.3) is 5.91 Å². The summed E-state index contributed by atoms with van der Waals surface area (Å²) in [5.74, 6) is -0.350. The predicted molar refractivity (Wildman–Crippen MR) is 124 cm³/mol. The lowest BCUT2D eigenvalue weighted by molar-refractivity contribution is -0.162. The minimum atomic E-state index is -0.545. The van der Waals surface area contributed by atoms with Crippen molar-refractivity contribution in [2.24, 2.45) is 4.99 Å². The van der Waals surface area contributed by atoms with Crippen LogP contribution in [0.15, 0.2) is 35.3 Å². The second-order valence-corrected chi connectivity index (χ2v) is 10.9. The van der Waals surface area contributed by atoms with Crippen LogP contribution in [0.1, 0.15) is 51.5 Å². The van der Waals surface area contributed by atoms with Crippen molar-refractivity contribution >= 4 is 30.0 Å². The number of carbonyl (C=O) groups excluding carboxylic acids is 2. The van der Waals surface area contributed by atoms with E-state index in [1.54, 1.807) is 16.7 Å². The van der Waals surface area contributed by atoms with Gasteiger partial charge in [0.1, 0.15) is 11.4 Å². The Bertz CT molecular complexity index is 806. The first-order chi connectivity index (χ1) is 15.0. The fraction of sp³-hybridized carbons (Fsp3) is 0.625. The van der Waals surface area contributed by atoms with Crippen LogP contribution < -0.4 is 0 Å². The molecule has 7 heteroatoms. The summed E-state index contributed by atoms with van der Waals surface area (Å²) in [5, 5.41) is -0.0763. The molecule has 3 saturated heterocycles.